The maximum atomic E-state index is 12.6. The minimum Gasteiger partial charge on any atom is -0.368 e. The van der Waals surface area contributed by atoms with E-state index in [1.54, 1.807) is 6.92 Å². The number of carbonyl (C=O) groups excluding carboxylic acids is 2. The molecule has 1 amide bonds. The molecule has 6 nitrogen and oxygen atoms in total. The summed E-state index contributed by atoms with van der Waals surface area (Å²) in [5, 5.41) is 12.0. The van der Waals surface area contributed by atoms with Crippen LogP contribution in [0.15, 0.2) is 24.3 Å². The molecule has 3 rings (SSSR count). The molecule has 142 valence electrons. The lowest BCUT2D eigenvalue weighted by Gasteiger charge is -2.37. The van der Waals surface area contributed by atoms with E-state index >= 15 is 0 Å². The van der Waals surface area contributed by atoms with Gasteiger partial charge in [0.2, 0.25) is 5.91 Å². The van der Waals surface area contributed by atoms with Crippen LogP contribution in [0.5, 0.6) is 0 Å². The summed E-state index contributed by atoms with van der Waals surface area (Å²) < 4.78 is 0. The van der Waals surface area contributed by atoms with Crippen molar-refractivity contribution in [2.75, 3.05) is 37.6 Å². The number of piperazine rings is 1. The van der Waals surface area contributed by atoms with Crippen molar-refractivity contribution >= 4 is 42.2 Å². The van der Waals surface area contributed by atoms with Gasteiger partial charge in [0.05, 0.1) is 17.7 Å². The number of nitrogens with zero attached hydrogens (tertiary/aromatic N) is 3. The van der Waals surface area contributed by atoms with Gasteiger partial charge in [-0.3, -0.25) is 9.59 Å². The SMILES string of the molecule is CC(=O)C1CNC(C(=O)N2CCN(c3ccc(C#N)cc3)CC2)C1.Cl.Cl. The van der Waals surface area contributed by atoms with Crippen molar-refractivity contribution in [2.24, 2.45) is 5.92 Å². The summed E-state index contributed by atoms with van der Waals surface area (Å²) in [5.74, 6) is 0.237. The highest BCUT2D eigenvalue weighted by Crippen LogP contribution is 2.20. The quantitative estimate of drug-likeness (QED) is 0.836. The molecule has 2 saturated heterocycles. The molecule has 1 N–H and O–H groups in total. The molecule has 2 aliphatic heterocycles. The Balaban J connectivity index is 0.00000169. The number of nitriles is 1. The summed E-state index contributed by atoms with van der Waals surface area (Å²) in [7, 11) is 0. The number of hydrogen-bond acceptors (Lipinski definition) is 5. The van der Waals surface area contributed by atoms with Crippen LogP contribution in [0.4, 0.5) is 5.69 Å². The van der Waals surface area contributed by atoms with Crippen molar-refractivity contribution in [2.45, 2.75) is 19.4 Å². The Morgan fingerprint density at radius 2 is 1.73 bits per heavy atom. The predicted molar refractivity (Wildman–Crippen MR) is 105 cm³/mol. The number of hydrogen-bond donors (Lipinski definition) is 1. The molecule has 0 spiro atoms. The maximum Gasteiger partial charge on any atom is 0.239 e. The monoisotopic (exact) mass is 398 g/mol. The molecule has 0 saturated carbocycles. The topological polar surface area (TPSA) is 76.4 Å². The van der Waals surface area contributed by atoms with E-state index in [1.165, 1.54) is 0 Å². The second kappa shape index (κ2) is 9.77. The van der Waals surface area contributed by atoms with Crippen molar-refractivity contribution in [1.29, 1.82) is 5.26 Å². The molecule has 2 atom stereocenters. The fourth-order valence-corrected chi connectivity index (χ4v) is 3.39. The molecule has 8 heteroatoms. The van der Waals surface area contributed by atoms with E-state index in [2.05, 4.69) is 16.3 Å². The van der Waals surface area contributed by atoms with Crippen molar-refractivity contribution in [1.82, 2.24) is 10.2 Å². The Labute approximate surface area is 166 Å². The fourth-order valence-electron chi connectivity index (χ4n) is 3.39. The molecule has 0 aliphatic carbocycles. The predicted octanol–water partition coefficient (Wildman–Crippen LogP) is 1.62. The van der Waals surface area contributed by atoms with Gasteiger partial charge in [0.1, 0.15) is 5.78 Å². The van der Waals surface area contributed by atoms with Gasteiger partial charge in [-0.2, -0.15) is 5.26 Å². The molecular weight excluding hydrogens is 375 g/mol. The Kier molecular flexibility index (Phi) is 8.35. The average Bonchev–Trinajstić information content (AvgIpc) is 3.12. The van der Waals surface area contributed by atoms with Gasteiger partial charge in [-0.1, -0.05) is 0 Å². The number of benzene rings is 1. The van der Waals surface area contributed by atoms with Gasteiger partial charge >= 0.3 is 0 Å². The first-order valence-corrected chi connectivity index (χ1v) is 8.36. The van der Waals surface area contributed by atoms with E-state index in [0.29, 0.717) is 31.6 Å². The summed E-state index contributed by atoms with van der Waals surface area (Å²) in [5.41, 5.74) is 1.73. The molecule has 2 fully saturated rings. The molecule has 0 radical (unpaired) electrons. The van der Waals surface area contributed by atoms with Crippen LogP contribution in [0.25, 0.3) is 0 Å². The van der Waals surface area contributed by atoms with Crippen molar-refractivity contribution < 1.29 is 9.59 Å². The highest BCUT2D eigenvalue weighted by atomic mass is 35.5. The molecule has 2 heterocycles. The van der Waals surface area contributed by atoms with Crippen LogP contribution in [-0.4, -0.2) is 55.4 Å². The number of Topliss-reactive ketones (excluding diaryl/α,β-unsaturated/α-hetero) is 1. The number of anilines is 1. The second-order valence-electron chi connectivity index (χ2n) is 6.48. The molecule has 1 aromatic carbocycles. The van der Waals surface area contributed by atoms with E-state index in [-0.39, 0.29) is 48.5 Å². The Bertz CT molecular complexity index is 667. The standard InChI is InChI=1S/C18H22N4O2.2ClH/c1-13(23)15-10-17(20-12-15)18(24)22-8-6-21(7-9-22)16-4-2-14(11-19)3-5-16;;/h2-5,15,17,20H,6-10,12H2,1H3;2*1H. The van der Waals surface area contributed by atoms with Crippen LogP contribution >= 0.6 is 24.8 Å². The average molecular weight is 399 g/mol. The van der Waals surface area contributed by atoms with Gasteiger partial charge in [-0.05, 0) is 37.6 Å². The lowest BCUT2D eigenvalue weighted by Crippen LogP contribution is -2.53. The second-order valence-corrected chi connectivity index (χ2v) is 6.48. The third-order valence-electron chi connectivity index (χ3n) is 4.96. The summed E-state index contributed by atoms with van der Waals surface area (Å²) in [6.45, 7) is 5.12. The van der Waals surface area contributed by atoms with Crippen LogP contribution < -0.4 is 10.2 Å². The number of nitrogens with one attached hydrogen (secondary N) is 1. The van der Waals surface area contributed by atoms with E-state index in [1.807, 2.05) is 29.2 Å². The number of halogens is 2. The van der Waals surface area contributed by atoms with E-state index in [0.717, 1.165) is 18.8 Å². The number of amides is 1. The number of rotatable bonds is 3. The number of carbonyl (C=O) groups is 2. The molecule has 1 aromatic rings. The number of ketones is 1. The third-order valence-corrected chi connectivity index (χ3v) is 4.96. The molecular formula is C18H24Cl2N4O2. The zero-order valence-corrected chi connectivity index (χ0v) is 16.3. The van der Waals surface area contributed by atoms with Gasteiger partial charge in [-0.25, -0.2) is 0 Å². The fraction of sp³-hybridized carbons (Fsp3) is 0.500. The lowest BCUT2D eigenvalue weighted by molar-refractivity contribution is -0.133. The van der Waals surface area contributed by atoms with Crippen LogP contribution in [-0.2, 0) is 9.59 Å². The molecule has 2 aliphatic rings. The highest BCUT2D eigenvalue weighted by Gasteiger charge is 2.35. The van der Waals surface area contributed by atoms with Crippen LogP contribution in [0.2, 0.25) is 0 Å². The van der Waals surface area contributed by atoms with E-state index in [9.17, 15) is 9.59 Å². The van der Waals surface area contributed by atoms with Crippen LogP contribution in [0.3, 0.4) is 0 Å². The normalized spacial score (nSPS) is 22.0. The summed E-state index contributed by atoms with van der Waals surface area (Å²) >= 11 is 0. The largest absolute Gasteiger partial charge is 0.368 e. The molecule has 26 heavy (non-hydrogen) atoms. The Morgan fingerprint density at radius 3 is 2.23 bits per heavy atom. The van der Waals surface area contributed by atoms with E-state index in [4.69, 9.17) is 5.26 Å². The summed E-state index contributed by atoms with van der Waals surface area (Å²) in [6.07, 6.45) is 0.615. The highest BCUT2D eigenvalue weighted by molar-refractivity contribution is 5.86. The van der Waals surface area contributed by atoms with Crippen molar-refractivity contribution in [3.63, 3.8) is 0 Å². The first kappa shape index (κ1) is 22.2. The Hall–Kier alpha value is -1.81. The summed E-state index contributed by atoms with van der Waals surface area (Å²) in [6, 6.07) is 9.43. The molecule has 0 bridgehead atoms. The lowest BCUT2D eigenvalue weighted by atomic mass is 10.0. The van der Waals surface area contributed by atoms with Crippen molar-refractivity contribution in [3.8, 4) is 6.07 Å². The van der Waals surface area contributed by atoms with Gasteiger partial charge in [0.15, 0.2) is 0 Å². The Morgan fingerprint density at radius 1 is 1.12 bits per heavy atom. The van der Waals surface area contributed by atoms with Gasteiger partial charge in [-0.15, -0.1) is 24.8 Å². The minimum absolute atomic E-state index is 0. The van der Waals surface area contributed by atoms with Crippen LogP contribution in [0.1, 0.15) is 18.9 Å². The van der Waals surface area contributed by atoms with Crippen molar-refractivity contribution in [3.05, 3.63) is 29.8 Å². The molecule has 2 unspecified atom stereocenters. The first-order chi connectivity index (χ1) is 11.6. The maximum absolute atomic E-state index is 12.6. The first-order valence-electron chi connectivity index (χ1n) is 8.36. The summed E-state index contributed by atoms with van der Waals surface area (Å²) in [4.78, 5) is 28.2. The minimum atomic E-state index is -0.222. The van der Waals surface area contributed by atoms with Gasteiger partial charge in [0.25, 0.3) is 0 Å². The van der Waals surface area contributed by atoms with Gasteiger partial charge in [0, 0.05) is 44.3 Å². The zero-order valence-electron chi connectivity index (χ0n) is 14.7. The van der Waals surface area contributed by atoms with E-state index < -0.39 is 0 Å². The molecule has 0 aromatic heterocycles. The van der Waals surface area contributed by atoms with Crippen LogP contribution in [0, 0.1) is 17.2 Å². The van der Waals surface area contributed by atoms with Gasteiger partial charge < -0.3 is 15.1 Å². The zero-order chi connectivity index (χ0) is 17.1. The third kappa shape index (κ3) is 4.88. The smallest absolute Gasteiger partial charge is 0.239 e.